The Bertz CT molecular complexity index is 1000. The topological polar surface area (TPSA) is 96.9 Å². The number of nitrogens with zero attached hydrogens (tertiary/aromatic N) is 2. The van der Waals surface area contributed by atoms with Crippen LogP contribution >= 0.6 is 0 Å². The molecule has 8 heteroatoms. The number of H-pyrrole nitrogens is 1. The molecular formula is C17H18N4O3S. The molecule has 130 valence electrons. The lowest BCUT2D eigenvalue weighted by atomic mass is 10.1. The lowest BCUT2D eigenvalue weighted by molar-refractivity contribution is 0.0981. The highest BCUT2D eigenvalue weighted by molar-refractivity contribution is 7.90. The zero-order valence-electron chi connectivity index (χ0n) is 13.9. The summed E-state index contributed by atoms with van der Waals surface area (Å²) in [6.07, 6.45) is 5.15. The van der Waals surface area contributed by atoms with Crippen LogP contribution in [0.5, 0.6) is 0 Å². The van der Waals surface area contributed by atoms with E-state index in [1.807, 2.05) is 13.0 Å². The zero-order chi connectivity index (χ0) is 18.0. The van der Waals surface area contributed by atoms with E-state index >= 15 is 0 Å². The van der Waals surface area contributed by atoms with Crippen LogP contribution in [-0.2, 0) is 23.5 Å². The van der Waals surface area contributed by atoms with Crippen LogP contribution in [0.1, 0.15) is 27.2 Å². The first-order valence-electron chi connectivity index (χ1n) is 7.63. The molecule has 0 atom stereocenters. The first kappa shape index (κ1) is 17.0. The van der Waals surface area contributed by atoms with Crippen molar-refractivity contribution in [1.29, 1.82) is 0 Å². The molecule has 1 amide bonds. The van der Waals surface area contributed by atoms with Crippen molar-refractivity contribution in [3.8, 4) is 0 Å². The predicted octanol–water partition coefficient (Wildman–Crippen LogP) is 1.77. The van der Waals surface area contributed by atoms with Crippen LogP contribution in [0.25, 0.3) is 0 Å². The van der Waals surface area contributed by atoms with Crippen LogP contribution < -0.4 is 4.72 Å². The number of carbonyl (C=O) groups excluding carboxylic acids is 1. The molecule has 0 unspecified atom stereocenters. The van der Waals surface area contributed by atoms with Crippen LogP contribution in [0.2, 0.25) is 0 Å². The highest BCUT2D eigenvalue weighted by atomic mass is 32.2. The van der Waals surface area contributed by atoms with Crippen LogP contribution in [-0.4, -0.2) is 29.1 Å². The Morgan fingerprint density at radius 2 is 2.08 bits per heavy atom. The van der Waals surface area contributed by atoms with Gasteiger partial charge in [-0.3, -0.25) is 9.48 Å². The molecule has 2 aromatic heterocycles. The number of aromatic nitrogens is 3. The quantitative estimate of drug-likeness (QED) is 0.726. The van der Waals surface area contributed by atoms with Gasteiger partial charge in [0.25, 0.3) is 15.9 Å². The fourth-order valence-corrected chi connectivity index (χ4v) is 3.76. The molecule has 2 N–H and O–H groups in total. The van der Waals surface area contributed by atoms with Crippen molar-refractivity contribution in [2.24, 2.45) is 7.05 Å². The van der Waals surface area contributed by atoms with Gasteiger partial charge in [0.05, 0.1) is 16.2 Å². The molecule has 0 aliphatic heterocycles. The summed E-state index contributed by atoms with van der Waals surface area (Å²) in [4.78, 5) is 14.9. The maximum Gasteiger partial charge on any atom is 0.266 e. The van der Waals surface area contributed by atoms with E-state index < -0.39 is 15.9 Å². The van der Waals surface area contributed by atoms with E-state index in [4.69, 9.17) is 0 Å². The number of aromatic amines is 1. The number of aryl methyl sites for hydroxylation is 2. The number of sulfonamides is 1. The number of rotatable bonds is 5. The second kappa shape index (κ2) is 6.56. The van der Waals surface area contributed by atoms with Gasteiger partial charge < -0.3 is 4.98 Å². The van der Waals surface area contributed by atoms with Gasteiger partial charge in [-0.1, -0.05) is 17.7 Å². The number of nitrogens with one attached hydrogen (secondary N) is 2. The molecule has 0 radical (unpaired) electrons. The highest BCUT2D eigenvalue weighted by Crippen LogP contribution is 2.20. The van der Waals surface area contributed by atoms with Gasteiger partial charge in [0, 0.05) is 32.1 Å². The van der Waals surface area contributed by atoms with Gasteiger partial charge in [-0.15, -0.1) is 0 Å². The lowest BCUT2D eigenvalue weighted by Gasteiger charge is -2.11. The third-order valence-electron chi connectivity index (χ3n) is 3.73. The predicted molar refractivity (Wildman–Crippen MR) is 92.6 cm³/mol. The first-order chi connectivity index (χ1) is 11.8. The van der Waals surface area contributed by atoms with Crippen molar-refractivity contribution >= 4 is 15.9 Å². The minimum Gasteiger partial charge on any atom is -0.367 e. The molecular weight excluding hydrogens is 340 g/mol. The van der Waals surface area contributed by atoms with Crippen molar-refractivity contribution < 1.29 is 13.2 Å². The lowest BCUT2D eigenvalue weighted by Crippen LogP contribution is -2.31. The fourth-order valence-electron chi connectivity index (χ4n) is 2.56. The third kappa shape index (κ3) is 3.80. The van der Waals surface area contributed by atoms with Crippen molar-refractivity contribution in [2.75, 3.05) is 0 Å². The van der Waals surface area contributed by atoms with E-state index in [0.29, 0.717) is 12.0 Å². The van der Waals surface area contributed by atoms with E-state index in [9.17, 15) is 13.2 Å². The second-order valence-electron chi connectivity index (χ2n) is 5.80. The number of carbonyl (C=O) groups is 1. The van der Waals surface area contributed by atoms with E-state index in [0.717, 1.165) is 11.3 Å². The Labute approximate surface area is 145 Å². The van der Waals surface area contributed by atoms with Gasteiger partial charge in [-0.2, -0.15) is 5.10 Å². The summed E-state index contributed by atoms with van der Waals surface area (Å²) in [5.41, 5.74) is 2.53. The summed E-state index contributed by atoms with van der Waals surface area (Å²) in [6, 6.07) is 8.35. The van der Waals surface area contributed by atoms with Crippen LogP contribution in [0, 0.1) is 6.92 Å². The second-order valence-corrected chi connectivity index (χ2v) is 7.45. The molecule has 0 aliphatic rings. The molecule has 0 saturated heterocycles. The minimum absolute atomic E-state index is 0.0765. The average Bonchev–Trinajstić information content (AvgIpc) is 3.18. The molecule has 3 aromatic rings. The first-order valence-corrected chi connectivity index (χ1v) is 9.11. The Balaban J connectivity index is 1.93. The Hall–Kier alpha value is -2.87. The zero-order valence-corrected chi connectivity index (χ0v) is 14.7. The summed E-state index contributed by atoms with van der Waals surface area (Å²) < 4.78 is 29.2. The van der Waals surface area contributed by atoms with Crippen molar-refractivity contribution in [3.63, 3.8) is 0 Å². The monoisotopic (exact) mass is 358 g/mol. The van der Waals surface area contributed by atoms with E-state index in [2.05, 4.69) is 14.8 Å². The number of hydrogen-bond donors (Lipinski definition) is 2. The normalized spacial score (nSPS) is 11.4. The summed E-state index contributed by atoms with van der Waals surface area (Å²) in [5.74, 6) is -0.675. The van der Waals surface area contributed by atoms with E-state index in [1.54, 1.807) is 36.3 Å². The Morgan fingerprint density at radius 3 is 2.72 bits per heavy atom. The van der Waals surface area contributed by atoms with Crippen LogP contribution in [0.15, 0.2) is 53.8 Å². The van der Waals surface area contributed by atoms with Gasteiger partial charge in [-0.05, 0) is 30.7 Å². The van der Waals surface area contributed by atoms with Crippen molar-refractivity contribution in [2.45, 2.75) is 18.2 Å². The number of benzene rings is 1. The molecule has 25 heavy (non-hydrogen) atoms. The molecule has 1 aromatic carbocycles. The van der Waals surface area contributed by atoms with E-state index in [-0.39, 0.29) is 10.5 Å². The molecule has 2 heterocycles. The Morgan fingerprint density at radius 1 is 1.28 bits per heavy atom. The van der Waals surface area contributed by atoms with Crippen molar-refractivity contribution in [1.82, 2.24) is 19.5 Å². The smallest absolute Gasteiger partial charge is 0.266 e. The van der Waals surface area contributed by atoms with Gasteiger partial charge in [0.2, 0.25) is 0 Å². The summed E-state index contributed by atoms with van der Waals surface area (Å²) in [7, 11) is -2.19. The van der Waals surface area contributed by atoms with Crippen LogP contribution in [0.4, 0.5) is 0 Å². The molecule has 0 spiro atoms. The van der Waals surface area contributed by atoms with Crippen LogP contribution in [0.3, 0.4) is 0 Å². The largest absolute Gasteiger partial charge is 0.367 e. The third-order valence-corrected chi connectivity index (χ3v) is 5.16. The molecule has 3 rings (SSSR count). The Kier molecular flexibility index (Phi) is 4.45. The average molecular weight is 358 g/mol. The maximum absolute atomic E-state index is 12.7. The molecule has 0 saturated carbocycles. The highest BCUT2D eigenvalue weighted by Gasteiger charge is 2.22. The van der Waals surface area contributed by atoms with E-state index in [1.165, 1.54) is 18.3 Å². The number of amides is 1. The van der Waals surface area contributed by atoms with Gasteiger partial charge in [0.15, 0.2) is 0 Å². The van der Waals surface area contributed by atoms with Gasteiger partial charge in [-0.25, -0.2) is 13.1 Å². The summed E-state index contributed by atoms with van der Waals surface area (Å²) in [5, 5.41) is 4.29. The standard InChI is InChI=1S/C17H18N4O3S/c1-12-3-4-16(14(9-12)10-15-6-8-21(2)19-15)25(23,24)20-17(22)13-5-7-18-11-13/h3-9,11,18H,10H2,1-2H3,(H,20,22). The summed E-state index contributed by atoms with van der Waals surface area (Å²) in [6.45, 7) is 1.89. The van der Waals surface area contributed by atoms with Crippen molar-refractivity contribution in [3.05, 3.63) is 71.3 Å². The minimum atomic E-state index is -3.99. The SMILES string of the molecule is Cc1ccc(S(=O)(=O)NC(=O)c2cc[nH]c2)c(Cc2ccn(C)n2)c1. The fraction of sp³-hybridized carbons (Fsp3) is 0.176. The molecule has 0 aliphatic carbocycles. The molecule has 0 fully saturated rings. The summed E-state index contributed by atoms with van der Waals surface area (Å²) >= 11 is 0. The molecule has 0 bridgehead atoms. The van der Waals surface area contributed by atoms with Gasteiger partial charge in [0.1, 0.15) is 0 Å². The number of hydrogen-bond acceptors (Lipinski definition) is 4. The maximum atomic E-state index is 12.7. The van der Waals surface area contributed by atoms with Gasteiger partial charge >= 0.3 is 0 Å². The molecule has 7 nitrogen and oxygen atoms in total.